The van der Waals surface area contributed by atoms with Gasteiger partial charge in [-0.25, -0.2) is 0 Å². The first kappa shape index (κ1) is 20.6. The molecule has 1 aliphatic carbocycles. The number of amides is 2. The molecule has 2 heterocycles. The van der Waals surface area contributed by atoms with Gasteiger partial charge in [-0.1, -0.05) is 43.2 Å². The largest absolute Gasteiger partial charge is 0.454 e. The number of carbonyl (C=O) groups is 2. The van der Waals surface area contributed by atoms with Crippen LogP contribution < -0.4 is 9.47 Å². The number of carbonyl (C=O) groups excluding carboxylic acids is 2. The van der Waals surface area contributed by atoms with E-state index in [1.54, 1.807) is 18.0 Å². The minimum absolute atomic E-state index is 0.0586. The molecule has 2 aliphatic heterocycles. The third-order valence-corrected chi connectivity index (χ3v) is 6.71. The molecule has 1 unspecified atom stereocenters. The van der Waals surface area contributed by atoms with Crippen molar-refractivity contribution < 1.29 is 19.1 Å². The molecular weight excluding hydrogens is 404 g/mol. The molecule has 6 nitrogen and oxygen atoms in total. The molecule has 0 radical (unpaired) electrons. The maximum Gasteiger partial charge on any atom is 0.231 e. The molecular formula is C26H28N2O4. The van der Waals surface area contributed by atoms with Gasteiger partial charge in [-0.3, -0.25) is 9.59 Å². The first-order valence-corrected chi connectivity index (χ1v) is 11.3. The maximum atomic E-state index is 13.7. The van der Waals surface area contributed by atoms with Crippen molar-refractivity contribution >= 4 is 17.9 Å². The molecule has 2 amide bonds. The number of nitrogens with zero attached hydrogens (tertiary/aromatic N) is 2. The van der Waals surface area contributed by atoms with Crippen molar-refractivity contribution in [1.29, 1.82) is 0 Å². The Morgan fingerprint density at radius 1 is 1.06 bits per heavy atom. The molecule has 1 atom stereocenters. The van der Waals surface area contributed by atoms with E-state index in [-0.39, 0.29) is 37.1 Å². The molecule has 0 saturated heterocycles. The smallest absolute Gasteiger partial charge is 0.231 e. The topological polar surface area (TPSA) is 59.1 Å². The molecule has 5 rings (SSSR count). The van der Waals surface area contributed by atoms with Crippen molar-refractivity contribution in [3.05, 3.63) is 65.4 Å². The van der Waals surface area contributed by atoms with Crippen LogP contribution in [0.1, 0.15) is 61.8 Å². The Bertz CT molecular complexity index is 1060. The first-order chi connectivity index (χ1) is 15.6. The van der Waals surface area contributed by atoms with Crippen molar-refractivity contribution in [3.8, 4) is 11.5 Å². The minimum Gasteiger partial charge on any atom is -0.454 e. The Morgan fingerprint density at radius 2 is 1.84 bits per heavy atom. The van der Waals surface area contributed by atoms with Gasteiger partial charge >= 0.3 is 0 Å². The Balaban J connectivity index is 1.41. The number of fused-ring (bicyclic) bond motifs is 2. The summed E-state index contributed by atoms with van der Waals surface area (Å²) in [5, 5.41) is 0. The molecule has 0 N–H and O–H groups in total. The van der Waals surface area contributed by atoms with E-state index in [2.05, 4.69) is 0 Å². The van der Waals surface area contributed by atoms with Crippen LogP contribution in [0.5, 0.6) is 11.5 Å². The Hall–Kier alpha value is -3.28. The normalized spacial score (nSPS) is 19.2. The van der Waals surface area contributed by atoms with E-state index in [1.165, 1.54) is 0 Å². The number of ether oxygens (including phenoxy) is 2. The molecule has 1 saturated carbocycles. The molecule has 2 aromatic rings. The predicted octanol–water partition coefficient (Wildman–Crippen LogP) is 4.65. The van der Waals surface area contributed by atoms with Gasteiger partial charge in [-0.2, -0.15) is 0 Å². The average Bonchev–Trinajstić information content (AvgIpc) is 3.49. The van der Waals surface area contributed by atoms with Gasteiger partial charge in [0.05, 0.1) is 12.5 Å². The van der Waals surface area contributed by atoms with Gasteiger partial charge < -0.3 is 19.3 Å². The van der Waals surface area contributed by atoms with Crippen LogP contribution in [-0.4, -0.2) is 34.4 Å². The van der Waals surface area contributed by atoms with E-state index in [1.807, 2.05) is 53.4 Å². The molecule has 1 fully saturated rings. The summed E-state index contributed by atoms with van der Waals surface area (Å²) in [6.07, 6.45) is 8.34. The van der Waals surface area contributed by atoms with Gasteiger partial charge in [0.25, 0.3) is 0 Å². The molecule has 2 aromatic carbocycles. The van der Waals surface area contributed by atoms with E-state index in [9.17, 15) is 9.59 Å². The predicted molar refractivity (Wildman–Crippen MR) is 121 cm³/mol. The van der Waals surface area contributed by atoms with Crippen LogP contribution in [0.4, 0.5) is 0 Å². The van der Waals surface area contributed by atoms with Gasteiger partial charge in [-0.05, 0) is 47.7 Å². The molecule has 32 heavy (non-hydrogen) atoms. The van der Waals surface area contributed by atoms with E-state index in [4.69, 9.17) is 9.47 Å². The highest BCUT2D eigenvalue weighted by Gasteiger charge is 2.33. The lowest BCUT2D eigenvalue weighted by molar-refractivity contribution is -0.137. The van der Waals surface area contributed by atoms with Crippen molar-refractivity contribution in [1.82, 2.24) is 9.80 Å². The van der Waals surface area contributed by atoms with E-state index in [0.717, 1.165) is 53.9 Å². The Labute approximate surface area is 188 Å². The zero-order chi connectivity index (χ0) is 22.1. The lowest BCUT2D eigenvalue weighted by atomic mass is 9.93. The molecule has 0 aromatic heterocycles. The fraction of sp³-hybridized carbons (Fsp3) is 0.385. The van der Waals surface area contributed by atoms with Crippen LogP contribution in [0.3, 0.4) is 0 Å². The van der Waals surface area contributed by atoms with Gasteiger partial charge in [0.15, 0.2) is 11.5 Å². The summed E-state index contributed by atoms with van der Waals surface area (Å²) in [6.45, 7) is 2.32. The fourth-order valence-corrected chi connectivity index (χ4v) is 5.07. The second kappa shape index (κ2) is 8.69. The van der Waals surface area contributed by atoms with E-state index < -0.39 is 0 Å². The molecule has 3 aliphatic rings. The summed E-state index contributed by atoms with van der Waals surface area (Å²) in [7, 11) is 0. The summed E-state index contributed by atoms with van der Waals surface area (Å²) >= 11 is 0. The van der Waals surface area contributed by atoms with Crippen molar-refractivity contribution in [3.63, 3.8) is 0 Å². The van der Waals surface area contributed by atoms with Gasteiger partial charge in [-0.15, -0.1) is 0 Å². The third kappa shape index (κ3) is 3.97. The monoisotopic (exact) mass is 432 g/mol. The van der Waals surface area contributed by atoms with Crippen molar-refractivity contribution in [2.24, 2.45) is 0 Å². The van der Waals surface area contributed by atoms with Crippen LogP contribution in [0.15, 0.2) is 48.7 Å². The van der Waals surface area contributed by atoms with E-state index in [0.29, 0.717) is 6.54 Å². The molecule has 166 valence electrons. The highest BCUT2D eigenvalue weighted by molar-refractivity contribution is 5.82. The molecule has 6 heteroatoms. The average molecular weight is 433 g/mol. The van der Waals surface area contributed by atoms with E-state index >= 15 is 0 Å². The number of benzene rings is 2. The van der Waals surface area contributed by atoms with Gasteiger partial charge in [0.1, 0.15) is 0 Å². The van der Waals surface area contributed by atoms with Crippen LogP contribution in [0, 0.1) is 0 Å². The summed E-state index contributed by atoms with van der Waals surface area (Å²) < 4.78 is 11.0. The number of rotatable bonds is 5. The second-order valence-electron chi connectivity index (χ2n) is 8.74. The summed E-state index contributed by atoms with van der Waals surface area (Å²) in [6, 6.07) is 13.8. The maximum absolute atomic E-state index is 13.7. The minimum atomic E-state index is -0.290. The van der Waals surface area contributed by atoms with Crippen LogP contribution in [-0.2, 0) is 16.1 Å². The third-order valence-electron chi connectivity index (χ3n) is 6.71. The highest BCUT2D eigenvalue weighted by atomic mass is 16.7. The summed E-state index contributed by atoms with van der Waals surface area (Å²) in [5.41, 5.74) is 3.11. The van der Waals surface area contributed by atoms with Crippen LogP contribution in [0.2, 0.25) is 0 Å². The number of hydrogen-bond donors (Lipinski definition) is 0. The zero-order valence-electron chi connectivity index (χ0n) is 18.3. The van der Waals surface area contributed by atoms with Gasteiger partial charge in [0, 0.05) is 25.7 Å². The second-order valence-corrected chi connectivity index (χ2v) is 8.74. The van der Waals surface area contributed by atoms with Crippen molar-refractivity contribution in [2.45, 2.75) is 57.7 Å². The Kier molecular flexibility index (Phi) is 5.60. The van der Waals surface area contributed by atoms with Crippen molar-refractivity contribution in [2.75, 3.05) is 6.79 Å². The Morgan fingerprint density at radius 3 is 2.66 bits per heavy atom. The zero-order valence-corrected chi connectivity index (χ0v) is 18.3. The summed E-state index contributed by atoms with van der Waals surface area (Å²) in [4.78, 5) is 29.8. The standard InChI is InChI=1S/C26H28N2O4/c1-18(29)27-13-12-20-6-2-5-9-22(20)23(27)15-26(30)28(21-7-3-4-8-21)16-19-10-11-24-25(14-19)32-17-31-24/h2,5-6,9-14,21,23H,3-4,7-8,15-17H2,1H3. The highest BCUT2D eigenvalue weighted by Crippen LogP contribution is 2.36. The lowest BCUT2D eigenvalue weighted by Crippen LogP contribution is -2.41. The van der Waals surface area contributed by atoms with Crippen LogP contribution >= 0.6 is 0 Å². The van der Waals surface area contributed by atoms with Crippen LogP contribution in [0.25, 0.3) is 6.08 Å². The number of hydrogen-bond acceptors (Lipinski definition) is 4. The first-order valence-electron chi connectivity index (χ1n) is 11.3. The quantitative estimate of drug-likeness (QED) is 0.690. The summed E-state index contributed by atoms with van der Waals surface area (Å²) in [5.74, 6) is 1.50. The lowest BCUT2D eigenvalue weighted by Gasteiger charge is -2.35. The fourth-order valence-electron chi connectivity index (χ4n) is 5.07. The SMILES string of the molecule is CC(=O)N1C=Cc2ccccc2C1CC(=O)N(Cc1ccc2c(c1)OCO2)C1CCCC1. The molecule has 0 bridgehead atoms. The van der Waals surface area contributed by atoms with Gasteiger partial charge in [0.2, 0.25) is 18.6 Å². The molecule has 0 spiro atoms.